The lowest BCUT2D eigenvalue weighted by Crippen LogP contribution is -3.00. The van der Waals surface area contributed by atoms with E-state index in [1.807, 2.05) is 18.2 Å². The van der Waals surface area contributed by atoms with Crippen LogP contribution in [-0.2, 0) is 6.54 Å². The fraction of sp³-hybridized carbons (Fsp3) is 0.545. The monoisotopic (exact) mass is 296 g/mol. The number of nitrogens with zero attached hydrogens (tertiary/aromatic N) is 1. The third-order valence-corrected chi connectivity index (χ3v) is 1.64. The average Bonchev–Trinajstić information content (AvgIpc) is 2.21. The van der Waals surface area contributed by atoms with Crippen LogP contribution in [-0.4, -0.2) is 13.1 Å². The second-order valence-electron chi connectivity index (χ2n) is 2.66. The lowest BCUT2D eigenvalue weighted by Gasteiger charge is -1.86. The summed E-state index contributed by atoms with van der Waals surface area (Å²) in [5.74, 6) is 0. The number of nitrogens with one attached hydrogen (secondary N) is 1. The minimum Gasteiger partial charge on any atom is -1.00 e. The van der Waals surface area contributed by atoms with Gasteiger partial charge in [0.15, 0.2) is 12.4 Å². The van der Waals surface area contributed by atoms with Gasteiger partial charge in [-0.25, -0.2) is 4.57 Å². The van der Waals surface area contributed by atoms with Crippen molar-refractivity contribution in [1.82, 2.24) is 5.32 Å². The minimum atomic E-state index is 0. The van der Waals surface area contributed by atoms with E-state index in [2.05, 4.69) is 43.0 Å². The second-order valence-corrected chi connectivity index (χ2v) is 2.66. The van der Waals surface area contributed by atoms with Crippen LogP contribution in [0, 0.1) is 0 Å². The summed E-state index contributed by atoms with van der Waals surface area (Å²) in [7, 11) is 0. The highest BCUT2D eigenvalue weighted by molar-refractivity contribution is 5.85. The molecule has 1 heterocycles. The number of aromatic nitrogens is 1. The Kier molecular flexibility index (Phi) is 22.1. The summed E-state index contributed by atoms with van der Waals surface area (Å²) in [4.78, 5) is 0. The summed E-state index contributed by atoms with van der Waals surface area (Å²) in [6.07, 6.45) is 4.11. The maximum atomic E-state index is 3.11. The Hall–Kier alpha value is -0.120. The standard InChI is InChI=1S/C7H10N.C4H11N.BrH.ClH/c1-2-8-6-4-3-5-7-8;1-3-5-4-2;;/h3-7H,2H2,1H3;5H,3-4H2,1-2H3;2*1H/q+1;;;/p-1. The van der Waals surface area contributed by atoms with Gasteiger partial charge in [0.1, 0.15) is 6.54 Å². The fourth-order valence-corrected chi connectivity index (χ4v) is 0.895. The van der Waals surface area contributed by atoms with Crippen molar-refractivity contribution in [2.75, 3.05) is 13.1 Å². The van der Waals surface area contributed by atoms with Gasteiger partial charge in [-0.2, -0.15) is 0 Å². The smallest absolute Gasteiger partial charge is 0.168 e. The summed E-state index contributed by atoms with van der Waals surface area (Å²) in [6, 6.07) is 6.08. The van der Waals surface area contributed by atoms with Crippen LogP contribution in [0.4, 0.5) is 0 Å². The summed E-state index contributed by atoms with van der Waals surface area (Å²) in [5.41, 5.74) is 0. The largest absolute Gasteiger partial charge is 1.00 e. The van der Waals surface area contributed by atoms with E-state index < -0.39 is 0 Å². The zero-order valence-corrected chi connectivity index (χ0v) is 12.1. The molecule has 0 saturated carbocycles. The molecule has 2 nitrogen and oxygen atoms in total. The first kappa shape index (κ1) is 20.3. The molecule has 0 bridgehead atoms. The van der Waals surface area contributed by atoms with Crippen LogP contribution in [0.25, 0.3) is 0 Å². The third-order valence-electron chi connectivity index (χ3n) is 1.64. The van der Waals surface area contributed by atoms with Crippen LogP contribution in [0.1, 0.15) is 20.8 Å². The Bertz CT molecular complexity index is 193. The highest BCUT2D eigenvalue weighted by atomic mass is 79.9. The summed E-state index contributed by atoms with van der Waals surface area (Å²) in [6.45, 7) is 9.57. The molecule has 1 rings (SSSR count). The van der Waals surface area contributed by atoms with Gasteiger partial charge in [0.2, 0.25) is 0 Å². The molecule has 0 atom stereocenters. The van der Waals surface area contributed by atoms with E-state index in [4.69, 9.17) is 0 Å². The van der Waals surface area contributed by atoms with Crippen molar-refractivity contribution in [3.63, 3.8) is 0 Å². The quantitative estimate of drug-likeness (QED) is 0.711. The Morgan fingerprint density at radius 2 is 1.40 bits per heavy atom. The lowest BCUT2D eigenvalue weighted by molar-refractivity contribution is -0.693. The highest BCUT2D eigenvalue weighted by Crippen LogP contribution is 1.74. The van der Waals surface area contributed by atoms with E-state index in [-0.39, 0.29) is 29.4 Å². The van der Waals surface area contributed by atoms with Crippen LogP contribution in [0.3, 0.4) is 0 Å². The van der Waals surface area contributed by atoms with E-state index >= 15 is 0 Å². The maximum absolute atomic E-state index is 3.11. The first-order valence-corrected chi connectivity index (χ1v) is 4.99. The zero-order chi connectivity index (χ0) is 9.94. The van der Waals surface area contributed by atoms with Gasteiger partial charge in [-0.3, -0.25) is 0 Å². The Balaban J connectivity index is -0.000000185. The Morgan fingerprint density at radius 1 is 0.933 bits per heavy atom. The highest BCUT2D eigenvalue weighted by Gasteiger charge is 1.86. The van der Waals surface area contributed by atoms with Crippen molar-refractivity contribution >= 4 is 12.4 Å². The molecule has 4 heteroatoms. The van der Waals surface area contributed by atoms with Crippen LogP contribution >= 0.6 is 12.4 Å². The number of hydrogen-bond acceptors (Lipinski definition) is 1. The molecular formula is C11H22BrClN2. The Morgan fingerprint density at radius 3 is 1.60 bits per heavy atom. The van der Waals surface area contributed by atoms with E-state index in [0.29, 0.717) is 0 Å². The van der Waals surface area contributed by atoms with Gasteiger partial charge in [-0.05, 0) is 20.0 Å². The molecule has 0 unspecified atom stereocenters. The topological polar surface area (TPSA) is 15.9 Å². The van der Waals surface area contributed by atoms with Crippen LogP contribution in [0.2, 0.25) is 0 Å². The van der Waals surface area contributed by atoms with Crippen molar-refractivity contribution in [3.05, 3.63) is 30.6 Å². The predicted molar refractivity (Wildman–Crippen MR) is 63.8 cm³/mol. The van der Waals surface area contributed by atoms with Crippen molar-refractivity contribution in [2.24, 2.45) is 0 Å². The lowest BCUT2D eigenvalue weighted by atomic mass is 10.5. The molecule has 0 amide bonds. The van der Waals surface area contributed by atoms with Crippen LogP contribution in [0.15, 0.2) is 30.6 Å². The maximum Gasteiger partial charge on any atom is 0.168 e. The van der Waals surface area contributed by atoms with Crippen LogP contribution < -0.4 is 26.9 Å². The summed E-state index contributed by atoms with van der Waals surface area (Å²) >= 11 is 0. The van der Waals surface area contributed by atoms with Crippen molar-refractivity contribution in [1.29, 1.82) is 0 Å². The number of pyridine rings is 1. The molecule has 0 saturated heterocycles. The van der Waals surface area contributed by atoms with Crippen LogP contribution in [0.5, 0.6) is 0 Å². The van der Waals surface area contributed by atoms with Crippen molar-refractivity contribution < 1.29 is 21.5 Å². The van der Waals surface area contributed by atoms with Gasteiger partial charge in [0, 0.05) is 12.1 Å². The molecule has 15 heavy (non-hydrogen) atoms. The molecule has 0 aromatic carbocycles. The number of rotatable bonds is 3. The van der Waals surface area contributed by atoms with Gasteiger partial charge < -0.3 is 22.3 Å². The molecule has 0 aliphatic carbocycles. The molecule has 1 N–H and O–H groups in total. The first-order chi connectivity index (χ1) is 6.35. The molecule has 0 aliphatic heterocycles. The average molecular weight is 298 g/mol. The van der Waals surface area contributed by atoms with E-state index in [0.717, 1.165) is 19.6 Å². The van der Waals surface area contributed by atoms with Crippen molar-refractivity contribution in [3.8, 4) is 0 Å². The molecule has 0 fully saturated rings. The first-order valence-electron chi connectivity index (χ1n) is 4.99. The predicted octanol–water partition coefficient (Wildman–Crippen LogP) is -0.964. The van der Waals surface area contributed by atoms with Gasteiger partial charge in [0.25, 0.3) is 0 Å². The Labute approximate surface area is 110 Å². The third kappa shape index (κ3) is 13.9. The molecule has 0 aliphatic rings. The normalized spacial score (nSPS) is 7.67. The minimum absolute atomic E-state index is 0. The summed E-state index contributed by atoms with van der Waals surface area (Å²) in [5, 5.41) is 3.11. The van der Waals surface area contributed by atoms with Gasteiger partial charge in [-0.1, -0.05) is 19.9 Å². The van der Waals surface area contributed by atoms with Crippen molar-refractivity contribution in [2.45, 2.75) is 27.3 Å². The molecule has 0 radical (unpaired) electrons. The summed E-state index contributed by atoms with van der Waals surface area (Å²) < 4.78 is 2.12. The van der Waals surface area contributed by atoms with Gasteiger partial charge in [-0.15, -0.1) is 12.4 Å². The van der Waals surface area contributed by atoms with E-state index in [9.17, 15) is 0 Å². The number of hydrogen-bond donors (Lipinski definition) is 1. The molecule has 1 aromatic heterocycles. The van der Waals surface area contributed by atoms with Gasteiger partial charge >= 0.3 is 0 Å². The molecule has 90 valence electrons. The SMILES string of the molecule is CCNCC.CC[n+]1ccccc1.Cl.[Br-]. The molecular weight excluding hydrogens is 275 g/mol. The van der Waals surface area contributed by atoms with E-state index in [1.165, 1.54) is 0 Å². The second kappa shape index (κ2) is 16.3. The zero-order valence-electron chi connectivity index (χ0n) is 9.74. The molecule has 1 aromatic rings. The fourth-order valence-electron chi connectivity index (χ4n) is 0.895. The number of aryl methyl sites for hydroxylation is 1. The van der Waals surface area contributed by atoms with E-state index in [1.54, 1.807) is 0 Å². The number of halogens is 2. The molecule has 0 spiro atoms. The van der Waals surface area contributed by atoms with Gasteiger partial charge in [0.05, 0.1) is 0 Å².